The molecule has 7 nitrogen and oxygen atoms in total. The fourth-order valence-corrected chi connectivity index (χ4v) is 4.68. The number of ether oxygens (including phenoxy) is 1. The fraction of sp³-hybridized carbons (Fsp3) is 0.516. The maximum absolute atomic E-state index is 14.2. The summed E-state index contributed by atoms with van der Waals surface area (Å²) in [5.41, 5.74) is 3.71. The molecule has 1 aliphatic carbocycles. The number of anilines is 1. The summed E-state index contributed by atoms with van der Waals surface area (Å²) in [5, 5.41) is 5.93. The Hall–Kier alpha value is -3.35. The lowest BCUT2D eigenvalue weighted by atomic mass is 9.97. The topological polar surface area (TPSA) is 87.7 Å². The van der Waals surface area contributed by atoms with Crippen molar-refractivity contribution in [3.8, 4) is 0 Å². The van der Waals surface area contributed by atoms with Crippen LogP contribution in [0.2, 0.25) is 0 Å². The minimum absolute atomic E-state index is 0.0770. The molecule has 1 aliphatic rings. The summed E-state index contributed by atoms with van der Waals surface area (Å²) in [6.45, 7) is 15.2. The van der Waals surface area contributed by atoms with E-state index < -0.39 is 23.8 Å². The molecule has 0 saturated heterocycles. The first kappa shape index (κ1) is 29.2. The van der Waals surface area contributed by atoms with E-state index in [-0.39, 0.29) is 23.8 Å². The Bertz CT molecular complexity index is 1140. The molecule has 0 aromatic heterocycles. The molecule has 0 aliphatic heterocycles. The van der Waals surface area contributed by atoms with Crippen molar-refractivity contribution < 1.29 is 19.1 Å². The number of rotatable bonds is 9. The molecule has 2 N–H and O–H groups in total. The van der Waals surface area contributed by atoms with Crippen LogP contribution in [0.1, 0.15) is 82.2 Å². The number of nitrogens with zero attached hydrogens (tertiary/aromatic N) is 1. The molecule has 1 saturated carbocycles. The number of hydrogen-bond donors (Lipinski definition) is 2. The van der Waals surface area contributed by atoms with Gasteiger partial charge in [0.15, 0.2) is 0 Å². The van der Waals surface area contributed by atoms with Gasteiger partial charge in [0.1, 0.15) is 17.7 Å². The summed E-state index contributed by atoms with van der Waals surface area (Å²) in [5.74, 6) is -0.398. The third kappa shape index (κ3) is 7.83. The van der Waals surface area contributed by atoms with Gasteiger partial charge in [-0.05, 0) is 83.4 Å². The van der Waals surface area contributed by atoms with Crippen LogP contribution in [0, 0.1) is 26.7 Å². The lowest BCUT2D eigenvalue weighted by molar-refractivity contribution is -0.141. The van der Waals surface area contributed by atoms with Gasteiger partial charge in [-0.2, -0.15) is 0 Å². The molecule has 206 valence electrons. The molecule has 7 heteroatoms. The van der Waals surface area contributed by atoms with Crippen molar-refractivity contribution in [3.05, 3.63) is 64.7 Å². The first-order valence-electron chi connectivity index (χ1n) is 13.5. The number of para-hydroxylation sites is 1. The van der Waals surface area contributed by atoms with Gasteiger partial charge in [-0.1, -0.05) is 61.9 Å². The SMILES string of the molecule is Cc1cccc(C(C(=O)Nc2c(C)cccc2C)N(C(=O)C(CC(C)C)NC(=O)OC(C)(C)C)C2CC2)c1. The van der Waals surface area contributed by atoms with Crippen LogP contribution in [-0.4, -0.2) is 40.5 Å². The van der Waals surface area contributed by atoms with E-state index in [1.807, 2.05) is 77.1 Å². The third-order valence-corrected chi connectivity index (χ3v) is 6.50. The molecule has 2 unspecified atom stereocenters. The van der Waals surface area contributed by atoms with E-state index in [0.29, 0.717) is 6.42 Å². The Balaban J connectivity index is 2.02. The molecule has 0 radical (unpaired) electrons. The van der Waals surface area contributed by atoms with Crippen LogP contribution in [0.3, 0.4) is 0 Å². The zero-order valence-corrected chi connectivity index (χ0v) is 24.1. The number of carbonyl (C=O) groups excluding carboxylic acids is 3. The van der Waals surface area contributed by atoms with Crippen LogP contribution in [0.5, 0.6) is 0 Å². The summed E-state index contributed by atoms with van der Waals surface area (Å²) in [6, 6.07) is 11.9. The standard InChI is InChI=1S/C31H43N3O4/c1-19(2)17-25(32-30(37)38-31(6,7)8)29(36)34(24-15-16-24)27(23-14-9-11-20(3)18-23)28(35)33-26-21(4)12-10-13-22(26)5/h9-14,18-19,24-25,27H,15-17H2,1-8H3,(H,32,37)(H,33,35). The summed E-state index contributed by atoms with van der Waals surface area (Å²) in [4.78, 5) is 42.7. The average molecular weight is 522 g/mol. The highest BCUT2D eigenvalue weighted by atomic mass is 16.6. The maximum Gasteiger partial charge on any atom is 0.408 e. The summed E-state index contributed by atoms with van der Waals surface area (Å²) >= 11 is 0. The van der Waals surface area contributed by atoms with E-state index in [1.54, 1.807) is 25.7 Å². The number of nitrogens with one attached hydrogen (secondary N) is 2. The Morgan fingerprint density at radius 3 is 2.13 bits per heavy atom. The summed E-state index contributed by atoms with van der Waals surface area (Å²) < 4.78 is 5.47. The molecule has 2 atom stereocenters. The van der Waals surface area contributed by atoms with Gasteiger partial charge in [-0.15, -0.1) is 0 Å². The van der Waals surface area contributed by atoms with Gasteiger partial charge in [-0.3, -0.25) is 9.59 Å². The van der Waals surface area contributed by atoms with Crippen LogP contribution in [0.15, 0.2) is 42.5 Å². The number of alkyl carbamates (subject to hydrolysis) is 1. The van der Waals surface area contributed by atoms with Crippen molar-refractivity contribution >= 4 is 23.6 Å². The highest BCUT2D eigenvalue weighted by Crippen LogP contribution is 2.37. The molecule has 38 heavy (non-hydrogen) atoms. The van der Waals surface area contributed by atoms with E-state index >= 15 is 0 Å². The monoisotopic (exact) mass is 521 g/mol. The molecular weight excluding hydrogens is 478 g/mol. The Morgan fingerprint density at radius 2 is 1.61 bits per heavy atom. The van der Waals surface area contributed by atoms with E-state index in [9.17, 15) is 14.4 Å². The Morgan fingerprint density at radius 1 is 1.00 bits per heavy atom. The highest BCUT2D eigenvalue weighted by molar-refractivity contribution is 6.00. The van der Waals surface area contributed by atoms with Gasteiger partial charge in [-0.25, -0.2) is 4.79 Å². The predicted octanol–water partition coefficient (Wildman–Crippen LogP) is 6.22. The molecule has 0 heterocycles. The van der Waals surface area contributed by atoms with Gasteiger partial charge in [0.25, 0.3) is 5.91 Å². The molecular formula is C31H43N3O4. The van der Waals surface area contributed by atoms with Crippen molar-refractivity contribution in [2.45, 2.75) is 98.4 Å². The maximum atomic E-state index is 14.2. The normalized spacial score (nSPS) is 15.0. The largest absolute Gasteiger partial charge is 0.444 e. The summed E-state index contributed by atoms with van der Waals surface area (Å²) in [7, 11) is 0. The fourth-order valence-electron chi connectivity index (χ4n) is 4.68. The smallest absolute Gasteiger partial charge is 0.408 e. The molecule has 0 spiro atoms. The van der Waals surface area contributed by atoms with Crippen LogP contribution < -0.4 is 10.6 Å². The van der Waals surface area contributed by atoms with Crippen molar-refractivity contribution in [1.29, 1.82) is 0 Å². The second-order valence-corrected chi connectivity index (χ2v) is 11.9. The third-order valence-electron chi connectivity index (χ3n) is 6.50. The molecule has 3 amide bonds. The second kappa shape index (κ2) is 12.0. The number of amides is 3. The van der Waals surface area contributed by atoms with Gasteiger partial charge in [0.2, 0.25) is 5.91 Å². The number of carbonyl (C=O) groups is 3. The second-order valence-electron chi connectivity index (χ2n) is 11.9. The van der Waals surface area contributed by atoms with Crippen molar-refractivity contribution in [3.63, 3.8) is 0 Å². The van der Waals surface area contributed by atoms with Gasteiger partial charge in [0, 0.05) is 11.7 Å². The van der Waals surface area contributed by atoms with E-state index in [1.165, 1.54) is 0 Å². The molecule has 1 fully saturated rings. The van der Waals surface area contributed by atoms with Gasteiger partial charge >= 0.3 is 6.09 Å². The van der Waals surface area contributed by atoms with Crippen LogP contribution in [-0.2, 0) is 14.3 Å². The lowest BCUT2D eigenvalue weighted by Gasteiger charge is -2.35. The molecule has 2 aromatic carbocycles. The van der Waals surface area contributed by atoms with Crippen LogP contribution in [0.25, 0.3) is 0 Å². The Kier molecular flexibility index (Phi) is 9.23. The average Bonchev–Trinajstić information content (AvgIpc) is 3.62. The minimum atomic E-state index is -0.844. The van der Waals surface area contributed by atoms with Crippen molar-refractivity contribution in [2.24, 2.45) is 5.92 Å². The zero-order valence-electron chi connectivity index (χ0n) is 24.1. The van der Waals surface area contributed by atoms with E-state index in [2.05, 4.69) is 10.6 Å². The quantitative estimate of drug-likeness (QED) is 0.410. The zero-order chi connectivity index (χ0) is 28.2. The number of hydrogen-bond acceptors (Lipinski definition) is 4. The Labute approximate surface area is 227 Å². The lowest BCUT2D eigenvalue weighted by Crippen LogP contribution is -2.53. The minimum Gasteiger partial charge on any atom is -0.444 e. The van der Waals surface area contributed by atoms with E-state index in [4.69, 9.17) is 4.74 Å². The predicted molar refractivity (Wildman–Crippen MR) is 151 cm³/mol. The van der Waals surface area contributed by atoms with Crippen molar-refractivity contribution in [2.75, 3.05) is 5.32 Å². The van der Waals surface area contributed by atoms with Gasteiger partial charge in [0.05, 0.1) is 0 Å². The first-order chi connectivity index (χ1) is 17.8. The number of benzene rings is 2. The molecule has 0 bridgehead atoms. The number of aryl methyl sites for hydroxylation is 3. The highest BCUT2D eigenvalue weighted by Gasteiger charge is 2.44. The summed E-state index contributed by atoms with van der Waals surface area (Å²) in [6.07, 6.45) is 1.41. The van der Waals surface area contributed by atoms with Crippen LogP contribution in [0.4, 0.5) is 10.5 Å². The van der Waals surface area contributed by atoms with E-state index in [0.717, 1.165) is 40.8 Å². The van der Waals surface area contributed by atoms with Crippen molar-refractivity contribution in [1.82, 2.24) is 10.2 Å². The van der Waals surface area contributed by atoms with Crippen LogP contribution >= 0.6 is 0 Å². The first-order valence-corrected chi connectivity index (χ1v) is 13.5. The molecule has 2 aromatic rings. The van der Waals surface area contributed by atoms with Gasteiger partial charge < -0.3 is 20.3 Å². The molecule has 3 rings (SSSR count).